The lowest BCUT2D eigenvalue weighted by Gasteiger charge is -2.08. The van der Waals surface area contributed by atoms with Gasteiger partial charge in [0, 0.05) is 6.54 Å². The van der Waals surface area contributed by atoms with Crippen molar-refractivity contribution >= 4 is 0 Å². The van der Waals surface area contributed by atoms with Gasteiger partial charge in [-0.25, -0.2) is 0 Å². The summed E-state index contributed by atoms with van der Waals surface area (Å²) in [6.45, 7) is 4.65. The van der Waals surface area contributed by atoms with Gasteiger partial charge in [0.2, 0.25) is 0 Å². The first-order valence-corrected chi connectivity index (χ1v) is 2.40. The van der Waals surface area contributed by atoms with Crippen LogP contribution >= 0.6 is 0 Å². The van der Waals surface area contributed by atoms with Crippen LogP contribution in [0.15, 0.2) is 0 Å². The van der Waals surface area contributed by atoms with E-state index in [1.807, 2.05) is 6.92 Å². The number of hydroxylamine groups is 2. The van der Waals surface area contributed by atoms with Gasteiger partial charge in [0.15, 0.2) is 0 Å². The van der Waals surface area contributed by atoms with Crippen molar-refractivity contribution in [3.8, 4) is 0 Å². The first-order valence-electron chi connectivity index (χ1n) is 2.40. The highest BCUT2D eigenvalue weighted by atomic mass is 16.9. The van der Waals surface area contributed by atoms with Crippen LogP contribution < -0.4 is 0 Å². The van der Waals surface area contributed by atoms with Gasteiger partial charge in [-0.3, -0.25) is 10.0 Å². The summed E-state index contributed by atoms with van der Waals surface area (Å²) in [7, 11) is 0. The Bertz CT molecular complexity index is 40.7. The van der Waals surface area contributed by atoms with Crippen LogP contribution in [0.2, 0.25) is 0 Å². The van der Waals surface area contributed by atoms with Gasteiger partial charge in [0.25, 0.3) is 0 Å². The van der Waals surface area contributed by atoms with Gasteiger partial charge in [-0.15, -0.1) is 0 Å². The minimum atomic E-state index is 0.508. The predicted octanol–water partition coefficient (Wildman–Crippen LogP) is 0.649. The second-order valence-electron chi connectivity index (χ2n) is 1.09. The van der Waals surface area contributed by atoms with Crippen LogP contribution in [0.4, 0.5) is 0 Å². The Morgan fingerprint density at radius 3 is 2.29 bits per heavy atom. The second kappa shape index (κ2) is 4.05. The van der Waals surface area contributed by atoms with E-state index in [1.54, 1.807) is 6.92 Å². The fourth-order valence-corrected chi connectivity index (χ4v) is 0.240. The van der Waals surface area contributed by atoms with Gasteiger partial charge in [0.05, 0.1) is 6.61 Å². The smallest absolute Gasteiger partial charge is 0.0683 e. The molecule has 0 aromatic heterocycles. The van der Waals surface area contributed by atoms with Crippen molar-refractivity contribution in [2.45, 2.75) is 13.8 Å². The second-order valence-corrected chi connectivity index (χ2v) is 1.09. The Balaban J connectivity index is 2.83. The summed E-state index contributed by atoms with van der Waals surface area (Å²) < 4.78 is 0. The molecule has 3 nitrogen and oxygen atoms in total. The molecular formula is C4H11NO2. The van der Waals surface area contributed by atoms with Crippen LogP contribution in [0.25, 0.3) is 0 Å². The zero-order chi connectivity index (χ0) is 5.70. The van der Waals surface area contributed by atoms with Gasteiger partial charge in [-0.05, 0) is 13.8 Å². The Hall–Kier alpha value is -0.120. The highest BCUT2D eigenvalue weighted by molar-refractivity contribution is 4.11. The molecule has 0 fully saturated rings. The van der Waals surface area contributed by atoms with Crippen molar-refractivity contribution in [3.05, 3.63) is 0 Å². The fraction of sp³-hybridized carbons (Fsp3) is 1.00. The molecule has 0 heterocycles. The fourth-order valence-electron chi connectivity index (χ4n) is 0.240. The third-order valence-electron chi connectivity index (χ3n) is 0.549. The first kappa shape index (κ1) is 6.88. The molecule has 44 valence electrons. The molecule has 0 bridgehead atoms. The minimum Gasteiger partial charge on any atom is -0.290 e. The van der Waals surface area contributed by atoms with Gasteiger partial charge >= 0.3 is 0 Å². The largest absolute Gasteiger partial charge is 0.290 e. The summed E-state index contributed by atoms with van der Waals surface area (Å²) in [6.07, 6.45) is 0. The SMILES string of the molecule is CCON(O)CC. The average molecular weight is 105 g/mol. The first-order chi connectivity index (χ1) is 3.31. The monoisotopic (exact) mass is 105 g/mol. The van der Waals surface area contributed by atoms with Gasteiger partial charge < -0.3 is 0 Å². The van der Waals surface area contributed by atoms with E-state index in [0.717, 1.165) is 5.23 Å². The molecule has 1 N–H and O–H groups in total. The molecule has 0 amide bonds. The number of hydrogen-bond donors (Lipinski definition) is 1. The van der Waals surface area contributed by atoms with Crippen molar-refractivity contribution in [2.75, 3.05) is 13.2 Å². The topological polar surface area (TPSA) is 32.7 Å². The number of rotatable bonds is 3. The highest BCUT2D eigenvalue weighted by Crippen LogP contribution is 1.79. The average Bonchev–Trinajstić information content (AvgIpc) is 1.68. The van der Waals surface area contributed by atoms with Crippen molar-refractivity contribution in [2.24, 2.45) is 0 Å². The number of nitrogens with zero attached hydrogens (tertiary/aromatic N) is 1. The van der Waals surface area contributed by atoms with Gasteiger partial charge in [-0.1, -0.05) is 5.23 Å². The summed E-state index contributed by atoms with van der Waals surface area (Å²) in [5.74, 6) is 0. The van der Waals surface area contributed by atoms with Crippen molar-refractivity contribution in [1.82, 2.24) is 5.23 Å². The molecule has 0 radical (unpaired) electrons. The third-order valence-corrected chi connectivity index (χ3v) is 0.549. The molecule has 0 aromatic carbocycles. The maximum atomic E-state index is 8.47. The Kier molecular flexibility index (Phi) is 3.98. The van der Waals surface area contributed by atoms with E-state index in [2.05, 4.69) is 4.84 Å². The maximum Gasteiger partial charge on any atom is 0.0683 e. The molecule has 0 saturated heterocycles. The molecular weight excluding hydrogens is 94.0 g/mol. The lowest BCUT2D eigenvalue weighted by atomic mass is 10.8. The van der Waals surface area contributed by atoms with Crippen LogP contribution in [0, 0.1) is 0 Å². The Morgan fingerprint density at radius 1 is 1.57 bits per heavy atom. The summed E-state index contributed by atoms with van der Waals surface area (Å²) >= 11 is 0. The van der Waals surface area contributed by atoms with Crippen molar-refractivity contribution < 1.29 is 10.0 Å². The molecule has 0 aliphatic heterocycles. The molecule has 0 saturated carbocycles. The molecule has 0 rings (SSSR count). The molecule has 0 aromatic rings. The summed E-state index contributed by atoms with van der Waals surface area (Å²) in [6, 6.07) is 0. The van der Waals surface area contributed by atoms with Crippen molar-refractivity contribution in [1.29, 1.82) is 0 Å². The third kappa shape index (κ3) is 3.72. The van der Waals surface area contributed by atoms with Crippen molar-refractivity contribution in [3.63, 3.8) is 0 Å². The molecule has 0 atom stereocenters. The molecule has 0 aliphatic rings. The minimum absolute atomic E-state index is 0.508. The quantitative estimate of drug-likeness (QED) is 0.535. The summed E-state index contributed by atoms with van der Waals surface area (Å²) in [5.41, 5.74) is 0. The molecule has 7 heavy (non-hydrogen) atoms. The Morgan fingerprint density at radius 2 is 2.14 bits per heavy atom. The van der Waals surface area contributed by atoms with Crippen LogP contribution in [0.1, 0.15) is 13.8 Å². The van der Waals surface area contributed by atoms with E-state index >= 15 is 0 Å². The lowest BCUT2D eigenvalue weighted by Crippen LogP contribution is -2.18. The zero-order valence-electron chi connectivity index (χ0n) is 4.72. The van der Waals surface area contributed by atoms with Crippen LogP contribution in [0.3, 0.4) is 0 Å². The maximum absolute atomic E-state index is 8.47. The molecule has 0 spiro atoms. The number of hydrogen-bond acceptors (Lipinski definition) is 3. The normalized spacial score (nSPS) is 10.3. The van der Waals surface area contributed by atoms with Gasteiger partial charge in [0.1, 0.15) is 0 Å². The molecule has 0 aliphatic carbocycles. The van der Waals surface area contributed by atoms with E-state index in [-0.39, 0.29) is 0 Å². The predicted molar refractivity (Wildman–Crippen MR) is 25.8 cm³/mol. The zero-order valence-corrected chi connectivity index (χ0v) is 4.72. The molecule has 0 unspecified atom stereocenters. The van der Waals surface area contributed by atoms with E-state index in [0.29, 0.717) is 13.2 Å². The van der Waals surface area contributed by atoms with E-state index < -0.39 is 0 Å². The van der Waals surface area contributed by atoms with Gasteiger partial charge in [-0.2, -0.15) is 0 Å². The lowest BCUT2D eigenvalue weighted by molar-refractivity contribution is -0.335. The van der Waals surface area contributed by atoms with E-state index in [9.17, 15) is 0 Å². The highest BCUT2D eigenvalue weighted by Gasteiger charge is 1.88. The van der Waals surface area contributed by atoms with E-state index in [4.69, 9.17) is 5.21 Å². The van der Waals surface area contributed by atoms with Crippen LogP contribution in [-0.4, -0.2) is 23.6 Å². The Labute approximate surface area is 43.4 Å². The summed E-state index contributed by atoms with van der Waals surface area (Å²) in [4.78, 5) is 4.58. The standard InChI is InChI=1S/C4H11NO2/c1-3-5(6)7-4-2/h6H,3-4H2,1-2H3. The van der Waals surface area contributed by atoms with Crippen LogP contribution in [0.5, 0.6) is 0 Å². The summed E-state index contributed by atoms with van der Waals surface area (Å²) in [5, 5.41) is 9.27. The van der Waals surface area contributed by atoms with Crippen LogP contribution in [-0.2, 0) is 4.84 Å². The molecule has 3 heteroatoms. The van der Waals surface area contributed by atoms with E-state index in [1.165, 1.54) is 0 Å².